The van der Waals surface area contributed by atoms with E-state index in [9.17, 15) is 13.2 Å². The summed E-state index contributed by atoms with van der Waals surface area (Å²) in [4.78, 5) is 11.9. The Morgan fingerprint density at radius 2 is 2.00 bits per heavy atom. The van der Waals surface area contributed by atoms with E-state index in [0.29, 0.717) is 30.8 Å². The van der Waals surface area contributed by atoms with Crippen molar-refractivity contribution < 1.29 is 22.7 Å². The van der Waals surface area contributed by atoms with Crippen LogP contribution in [-0.2, 0) is 21.1 Å². The molecule has 1 heterocycles. The lowest BCUT2D eigenvalue weighted by molar-refractivity contribution is -0.121. The second kappa shape index (κ2) is 7.00. The Kier molecular flexibility index (Phi) is 5.28. The minimum atomic E-state index is -2.97. The van der Waals surface area contributed by atoms with Crippen molar-refractivity contribution in [3.63, 3.8) is 0 Å². The first-order chi connectivity index (χ1) is 10.4. The molecule has 122 valence electrons. The molecule has 2 rings (SSSR count). The Balaban J connectivity index is 1.86. The molecular formula is C15H21NO5S. The number of methoxy groups -OCH3 is 2. The lowest BCUT2D eigenvalue weighted by Gasteiger charge is -2.12. The van der Waals surface area contributed by atoms with E-state index in [2.05, 4.69) is 5.32 Å². The van der Waals surface area contributed by atoms with Gasteiger partial charge < -0.3 is 14.8 Å². The highest BCUT2D eigenvalue weighted by Gasteiger charge is 2.28. The molecule has 1 aliphatic heterocycles. The molecule has 6 nitrogen and oxygen atoms in total. The van der Waals surface area contributed by atoms with Crippen LogP contribution in [0, 0.1) is 0 Å². The molecule has 1 atom stereocenters. The lowest BCUT2D eigenvalue weighted by Crippen LogP contribution is -2.35. The topological polar surface area (TPSA) is 81.7 Å². The summed E-state index contributed by atoms with van der Waals surface area (Å²) in [6.45, 7) is 0. The summed E-state index contributed by atoms with van der Waals surface area (Å²) in [5.74, 6) is 1.36. The summed E-state index contributed by atoms with van der Waals surface area (Å²) in [6, 6.07) is 5.28. The molecule has 0 spiro atoms. The Bertz CT molecular complexity index is 641. The molecular weight excluding hydrogens is 306 g/mol. The zero-order valence-electron chi connectivity index (χ0n) is 12.8. The van der Waals surface area contributed by atoms with Gasteiger partial charge >= 0.3 is 0 Å². The minimum Gasteiger partial charge on any atom is -0.493 e. The summed E-state index contributed by atoms with van der Waals surface area (Å²) in [5, 5.41) is 2.78. The van der Waals surface area contributed by atoms with E-state index >= 15 is 0 Å². The fourth-order valence-corrected chi connectivity index (χ4v) is 4.18. The highest BCUT2D eigenvalue weighted by Crippen LogP contribution is 2.27. The maximum absolute atomic E-state index is 11.9. The number of rotatable bonds is 6. The van der Waals surface area contributed by atoms with E-state index < -0.39 is 9.84 Å². The van der Waals surface area contributed by atoms with Gasteiger partial charge in [0.1, 0.15) is 0 Å². The van der Waals surface area contributed by atoms with Crippen LogP contribution in [0.15, 0.2) is 18.2 Å². The molecule has 1 aliphatic rings. The van der Waals surface area contributed by atoms with Crippen LogP contribution in [0.25, 0.3) is 0 Å². The Hall–Kier alpha value is -1.76. The molecule has 1 saturated heterocycles. The Morgan fingerprint density at radius 1 is 1.27 bits per heavy atom. The highest BCUT2D eigenvalue weighted by atomic mass is 32.2. The predicted molar refractivity (Wildman–Crippen MR) is 83.1 cm³/mol. The van der Waals surface area contributed by atoms with Crippen LogP contribution in [0.3, 0.4) is 0 Å². The van der Waals surface area contributed by atoms with E-state index in [0.717, 1.165) is 5.56 Å². The molecule has 7 heteroatoms. The molecule has 1 amide bonds. The van der Waals surface area contributed by atoms with Crippen molar-refractivity contribution in [2.24, 2.45) is 0 Å². The molecule has 1 N–H and O–H groups in total. The summed E-state index contributed by atoms with van der Waals surface area (Å²) in [6.07, 6.45) is 1.38. The van der Waals surface area contributed by atoms with Gasteiger partial charge in [0.25, 0.3) is 0 Å². The number of hydrogen-bond acceptors (Lipinski definition) is 5. The number of nitrogens with one attached hydrogen (secondary N) is 1. The van der Waals surface area contributed by atoms with Gasteiger partial charge in [0, 0.05) is 12.5 Å². The second-order valence-corrected chi connectivity index (χ2v) is 7.59. The average Bonchev–Trinajstić information content (AvgIpc) is 2.83. The van der Waals surface area contributed by atoms with E-state index in [4.69, 9.17) is 9.47 Å². The fourth-order valence-electron chi connectivity index (χ4n) is 2.50. The largest absolute Gasteiger partial charge is 0.493 e. The summed E-state index contributed by atoms with van der Waals surface area (Å²) in [5.41, 5.74) is 0.965. The molecule has 1 aromatic carbocycles. The van der Waals surface area contributed by atoms with Crippen LogP contribution < -0.4 is 14.8 Å². The molecule has 0 radical (unpaired) electrons. The number of benzene rings is 1. The van der Waals surface area contributed by atoms with E-state index in [1.807, 2.05) is 12.1 Å². The average molecular weight is 327 g/mol. The molecule has 1 fully saturated rings. The molecule has 0 aromatic heterocycles. The van der Waals surface area contributed by atoms with Crippen LogP contribution in [0.4, 0.5) is 0 Å². The van der Waals surface area contributed by atoms with Crippen LogP contribution in [0.2, 0.25) is 0 Å². The first-order valence-corrected chi connectivity index (χ1v) is 8.96. The molecule has 22 heavy (non-hydrogen) atoms. The van der Waals surface area contributed by atoms with Crippen molar-refractivity contribution in [1.29, 1.82) is 0 Å². The summed E-state index contributed by atoms with van der Waals surface area (Å²) >= 11 is 0. The van der Waals surface area contributed by atoms with Gasteiger partial charge in [-0.2, -0.15) is 0 Å². The number of carbonyl (C=O) groups is 1. The zero-order valence-corrected chi connectivity index (χ0v) is 13.6. The Labute approximate surface area is 130 Å². The number of amides is 1. The van der Waals surface area contributed by atoms with Crippen molar-refractivity contribution in [2.75, 3.05) is 25.7 Å². The van der Waals surface area contributed by atoms with Crippen molar-refractivity contribution in [3.8, 4) is 11.5 Å². The number of aryl methyl sites for hydroxylation is 1. The number of ether oxygens (including phenoxy) is 2. The maximum Gasteiger partial charge on any atom is 0.220 e. The van der Waals surface area contributed by atoms with Gasteiger partial charge in [0.15, 0.2) is 21.3 Å². The number of sulfone groups is 1. The normalized spacial score (nSPS) is 19.6. The third-order valence-corrected chi connectivity index (χ3v) is 5.45. The lowest BCUT2D eigenvalue weighted by atomic mass is 10.1. The van der Waals surface area contributed by atoms with E-state index in [-0.39, 0.29) is 23.5 Å². The molecule has 0 aliphatic carbocycles. The number of hydrogen-bond donors (Lipinski definition) is 1. The third-order valence-electron chi connectivity index (χ3n) is 3.69. The van der Waals surface area contributed by atoms with Crippen LogP contribution in [0.5, 0.6) is 11.5 Å². The Morgan fingerprint density at radius 3 is 2.59 bits per heavy atom. The standard InChI is InChI=1S/C15H21NO5S/c1-20-13-5-3-11(9-14(13)21-2)4-6-15(17)16-12-7-8-22(18,19)10-12/h3,5,9,12H,4,6-8,10H2,1-2H3,(H,16,17)/t12-/m1/s1. The molecule has 0 saturated carbocycles. The summed E-state index contributed by atoms with van der Waals surface area (Å²) in [7, 11) is 0.164. The monoisotopic (exact) mass is 327 g/mol. The zero-order chi connectivity index (χ0) is 16.2. The highest BCUT2D eigenvalue weighted by molar-refractivity contribution is 7.91. The van der Waals surface area contributed by atoms with Gasteiger partial charge in [-0.25, -0.2) is 8.42 Å². The van der Waals surface area contributed by atoms with Crippen molar-refractivity contribution >= 4 is 15.7 Å². The minimum absolute atomic E-state index is 0.0507. The van der Waals surface area contributed by atoms with E-state index in [1.54, 1.807) is 20.3 Å². The summed E-state index contributed by atoms with van der Waals surface area (Å²) < 4.78 is 33.1. The quantitative estimate of drug-likeness (QED) is 0.841. The fraction of sp³-hybridized carbons (Fsp3) is 0.533. The predicted octanol–water partition coefficient (Wildman–Crippen LogP) is 0.940. The van der Waals surface area contributed by atoms with Crippen LogP contribution >= 0.6 is 0 Å². The third kappa shape index (κ3) is 4.37. The number of carbonyl (C=O) groups excluding carboxylic acids is 1. The molecule has 1 aromatic rings. The van der Waals surface area contributed by atoms with Crippen molar-refractivity contribution in [2.45, 2.75) is 25.3 Å². The second-order valence-electron chi connectivity index (χ2n) is 5.36. The molecule has 0 bridgehead atoms. The van der Waals surface area contributed by atoms with Crippen molar-refractivity contribution in [3.05, 3.63) is 23.8 Å². The first-order valence-electron chi connectivity index (χ1n) is 7.14. The van der Waals surface area contributed by atoms with Gasteiger partial charge in [-0.05, 0) is 30.5 Å². The van der Waals surface area contributed by atoms with Crippen molar-refractivity contribution in [1.82, 2.24) is 5.32 Å². The van der Waals surface area contributed by atoms with Gasteiger partial charge in [-0.15, -0.1) is 0 Å². The SMILES string of the molecule is COc1ccc(CCC(=O)N[C@@H]2CCS(=O)(=O)C2)cc1OC. The van der Waals surface area contributed by atoms with Gasteiger partial charge in [-0.3, -0.25) is 4.79 Å². The van der Waals surface area contributed by atoms with Gasteiger partial charge in [0.2, 0.25) is 5.91 Å². The molecule has 0 unspecified atom stereocenters. The van der Waals surface area contributed by atoms with Crippen LogP contribution in [0.1, 0.15) is 18.4 Å². The maximum atomic E-state index is 11.9. The first kappa shape index (κ1) is 16.6. The van der Waals surface area contributed by atoms with Crippen LogP contribution in [-0.4, -0.2) is 46.1 Å². The van der Waals surface area contributed by atoms with Gasteiger partial charge in [0.05, 0.1) is 25.7 Å². The smallest absolute Gasteiger partial charge is 0.220 e. The van der Waals surface area contributed by atoms with E-state index in [1.165, 1.54) is 0 Å². The van der Waals surface area contributed by atoms with Gasteiger partial charge in [-0.1, -0.05) is 6.07 Å².